The summed E-state index contributed by atoms with van der Waals surface area (Å²) in [5.41, 5.74) is 0.998. The van der Waals surface area contributed by atoms with Gasteiger partial charge < -0.3 is 24.3 Å². The summed E-state index contributed by atoms with van der Waals surface area (Å²) >= 11 is 2.02. The molecule has 2 aromatic rings. The number of carbonyl (C=O) groups is 3. The number of halogens is 1. The Kier molecular flexibility index (Phi) is 6.97. The van der Waals surface area contributed by atoms with Crippen molar-refractivity contribution < 1.29 is 33.3 Å². The smallest absolute Gasteiger partial charge is 0.303 e. The molecule has 2 aliphatic rings. The molecule has 33 heavy (non-hydrogen) atoms. The van der Waals surface area contributed by atoms with Crippen LogP contribution in [0.3, 0.4) is 0 Å². The number of fused-ring (bicyclic) bond motifs is 1. The number of imidazole rings is 1. The molecule has 4 rings (SSSR count). The van der Waals surface area contributed by atoms with Crippen molar-refractivity contribution in [1.82, 2.24) is 19.5 Å². The Hall–Kier alpha value is -2.55. The predicted molar refractivity (Wildman–Crippen MR) is 121 cm³/mol. The fourth-order valence-corrected chi connectivity index (χ4v) is 4.15. The van der Waals surface area contributed by atoms with Crippen LogP contribution in [-0.2, 0) is 33.3 Å². The Balaban J connectivity index is 1.70. The third-order valence-electron chi connectivity index (χ3n) is 5.26. The second-order valence-electron chi connectivity index (χ2n) is 8.01. The molecule has 1 saturated carbocycles. The minimum Gasteiger partial charge on any atom is -0.463 e. The summed E-state index contributed by atoms with van der Waals surface area (Å²) in [7, 11) is 0. The lowest BCUT2D eigenvalue weighted by molar-refractivity contribution is -0.166. The molecule has 0 radical (unpaired) electrons. The minimum atomic E-state index is -1.01. The first-order valence-electron chi connectivity index (χ1n) is 10.5. The number of hydrogen-bond donors (Lipinski definition) is 1. The van der Waals surface area contributed by atoms with Crippen LogP contribution < -0.4 is 5.32 Å². The predicted octanol–water partition coefficient (Wildman–Crippen LogP) is 1.58. The van der Waals surface area contributed by atoms with E-state index in [4.69, 9.17) is 18.9 Å². The molecule has 13 heteroatoms. The van der Waals surface area contributed by atoms with E-state index in [1.807, 2.05) is 22.6 Å². The summed E-state index contributed by atoms with van der Waals surface area (Å²) in [6, 6.07) is 0. The summed E-state index contributed by atoms with van der Waals surface area (Å²) in [6.45, 7) is 4.35. The van der Waals surface area contributed by atoms with E-state index < -0.39 is 42.4 Å². The van der Waals surface area contributed by atoms with Gasteiger partial charge in [0.2, 0.25) is 0 Å². The number of hydrogen-bond acceptors (Lipinski definition) is 11. The van der Waals surface area contributed by atoms with Gasteiger partial charge in [-0.2, -0.15) is 0 Å². The summed E-state index contributed by atoms with van der Waals surface area (Å²) in [5.74, 6) is -0.459. The summed E-state index contributed by atoms with van der Waals surface area (Å²) in [5, 5.41) is 3.33. The van der Waals surface area contributed by atoms with E-state index in [0.29, 0.717) is 26.7 Å². The molecule has 1 saturated heterocycles. The van der Waals surface area contributed by atoms with Gasteiger partial charge in [0.25, 0.3) is 0 Å². The second kappa shape index (κ2) is 9.75. The SMILES string of the molecule is CC(=O)OCC1OC(n2cnc3c(NCC4CC4)nc(I)nc32)C(OC(C)=O)C1OC(C)=O. The maximum absolute atomic E-state index is 11.9. The van der Waals surface area contributed by atoms with Gasteiger partial charge >= 0.3 is 17.9 Å². The van der Waals surface area contributed by atoms with Gasteiger partial charge in [-0.3, -0.25) is 19.0 Å². The molecule has 1 aliphatic carbocycles. The van der Waals surface area contributed by atoms with E-state index in [-0.39, 0.29) is 6.61 Å². The van der Waals surface area contributed by atoms with E-state index >= 15 is 0 Å². The first-order valence-corrected chi connectivity index (χ1v) is 11.6. The van der Waals surface area contributed by atoms with Crippen LogP contribution in [0.25, 0.3) is 11.2 Å². The van der Waals surface area contributed by atoms with Gasteiger partial charge in [-0.15, -0.1) is 0 Å². The van der Waals surface area contributed by atoms with Crippen LogP contribution in [0, 0.1) is 9.75 Å². The first-order chi connectivity index (χ1) is 15.7. The van der Waals surface area contributed by atoms with Crippen LogP contribution in [0.4, 0.5) is 5.82 Å². The highest BCUT2D eigenvalue weighted by molar-refractivity contribution is 14.1. The van der Waals surface area contributed by atoms with Crippen LogP contribution in [0.5, 0.6) is 0 Å². The lowest BCUT2D eigenvalue weighted by Gasteiger charge is -2.23. The number of esters is 3. The molecule has 0 amide bonds. The van der Waals surface area contributed by atoms with E-state index in [1.165, 1.54) is 39.9 Å². The number of rotatable bonds is 8. The molecule has 2 fully saturated rings. The molecule has 12 nitrogen and oxygen atoms in total. The quantitative estimate of drug-likeness (QED) is 0.213. The monoisotopic (exact) mass is 573 g/mol. The average molecular weight is 573 g/mol. The van der Waals surface area contributed by atoms with Crippen molar-refractivity contribution in [1.29, 1.82) is 0 Å². The molecular weight excluding hydrogens is 549 g/mol. The molecule has 3 heterocycles. The van der Waals surface area contributed by atoms with Crippen LogP contribution in [0.2, 0.25) is 0 Å². The molecule has 178 valence electrons. The van der Waals surface area contributed by atoms with Crippen molar-refractivity contribution in [2.24, 2.45) is 5.92 Å². The van der Waals surface area contributed by atoms with Crippen LogP contribution >= 0.6 is 22.6 Å². The molecular formula is C20H24IN5O7. The molecule has 0 spiro atoms. The van der Waals surface area contributed by atoms with Crippen LogP contribution in [0.1, 0.15) is 39.8 Å². The van der Waals surface area contributed by atoms with Gasteiger partial charge in [0, 0.05) is 49.9 Å². The highest BCUT2D eigenvalue weighted by atomic mass is 127. The highest BCUT2D eigenvalue weighted by Crippen LogP contribution is 2.37. The maximum Gasteiger partial charge on any atom is 0.303 e. The van der Waals surface area contributed by atoms with Crippen molar-refractivity contribution in [3.8, 4) is 0 Å². The molecule has 0 aromatic carbocycles. The van der Waals surface area contributed by atoms with E-state index in [0.717, 1.165) is 6.54 Å². The van der Waals surface area contributed by atoms with Crippen LogP contribution in [0.15, 0.2) is 6.33 Å². The molecule has 4 atom stereocenters. The minimum absolute atomic E-state index is 0.186. The molecule has 1 aliphatic heterocycles. The zero-order valence-corrected chi connectivity index (χ0v) is 20.5. The Morgan fingerprint density at radius 2 is 1.82 bits per heavy atom. The zero-order valence-electron chi connectivity index (χ0n) is 18.3. The largest absolute Gasteiger partial charge is 0.463 e. The van der Waals surface area contributed by atoms with Crippen LogP contribution in [-0.4, -0.2) is 68.9 Å². The summed E-state index contributed by atoms with van der Waals surface area (Å²) < 4.78 is 24.2. The second-order valence-corrected chi connectivity index (χ2v) is 8.97. The third kappa shape index (κ3) is 5.51. The lowest BCUT2D eigenvalue weighted by atomic mass is 10.1. The number of carbonyl (C=O) groups excluding carboxylic acids is 3. The fourth-order valence-electron chi connectivity index (χ4n) is 3.68. The van der Waals surface area contributed by atoms with E-state index in [9.17, 15) is 14.4 Å². The Bertz CT molecular complexity index is 1070. The summed E-state index contributed by atoms with van der Waals surface area (Å²) in [6.07, 6.45) is 0.0881. The van der Waals surface area contributed by atoms with Gasteiger partial charge in [0.1, 0.15) is 12.7 Å². The number of nitrogens with one attached hydrogen (secondary N) is 1. The van der Waals surface area contributed by atoms with Crippen molar-refractivity contribution in [3.63, 3.8) is 0 Å². The zero-order chi connectivity index (χ0) is 23.7. The molecule has 2 aromatic heterocycles. The van der Waals surface area contributed by atoms with Crippen molar-refractivity contribution in [2.75, 3.05) is 18.5 Å². The number of aromatic nitrogens is 4. The molecule has 1 N–H and O–H groups in total. The van der Waals surface area contributed by atoms with Gasteiger partial charge in [-0.1, -0.05) is 0 Å². The summed E-state index contributed by atoms with van der Waals surface area (Å²) in [4.78, 5) is 48.4. The lowest BCUT2D eigenvalue weighted by Crippen LogP contribution is -2.40. The van der Waals surface area contributed by atoms with Gasteiger partial charge in [-0.05, 0) is 18.8 Å². The van der Waals surface area contributed by atoms with Gasteiger partial charge in [0.05, 0.1) is 6.33 Å². The maximum atomic E-state index is 11.9. The highest BCUT2D eigenvalue weighted by Gasteiger charge is 2.51. The first kappa shape index (κ1) is 23.6. The third-order valence-corrected chi connectivity index (χ3v) is 5.75. The Morgan fingerprint density at radius 3 is 2.45 bits per heavy atom. The van der Waals surface area contributed by atoms with E-state index in [1.54, 1.807) is 4.57 Å². The topological polar surface area (TPSA) is 144 Å². The Morgan fingerprint density at radius 1 is 1.12 bits per heavy atom. The number of anilines is 1. The fraction of sp³-hybridized carbons (Fsp3) is 0.600. The molecule has 0 bridgehead atoms. The van der Waals surface area contributed by atoms with Gasteiger partial charge in [-0.25, -0.2) is 15.0 Å². The number of nitrogens with zero attached hydrogens (tertiary/aromatic N) is 4. The Labute approximate surface area is 202 Å². The van der Waals surface area contributed by atoms with Gasteiger partial charge in [0.15, 0.2) is 39.2 Å². The average Bonchev–Trinajstić information content (AvgIpc) is 3.39. The normalized spacial score (nSPS) is 24.5. The number of ether oxygens (including phenoxy) is 4. The van der Waals surface area contributed by atoms with Crippen molar-refractivity contribution in [3.05, 3.63) is 10.2 Å². The van der Waals surface area contributed by atoms with Crippen molar-refractivity contribution in [2.45, 2.75) is 58.2 Å². The molecule has 4 unspecified atom stereocenters. The van der Waals surface area contributed by atoms with Crippen molar-refractivity contribution >= 4 is 57.5 Å². The standard InChI is InChI=1S/C20H24IN5O7/c1-9(27)30-7-13-15(31-10(2)28)16(32-11(3)29)19(33-13)26-8-23-14-17(22-6-12-4-5-12)24-20(21)25-18(14)26/h8,12-13,15-16,19H,4-7H2,1-3H3,(H,22,24,25). The van der Waals surface area contributed by atoms with E-state index in [2.05, 4.69) is 20.3 Å².